The van der Waals surface area contributed by atoms with Gasteiger partial charge in [-0.3, -0.25) is 4.68 Å². The molecule has 0 radical (unpaired) electrons. The van der Waals surface area contributed by atoms with Gasteiger partial charge in [0.1, 0.15) is 6.54 Å². The molecule has 0 atom stereocenters. The molecule has 0 unspecified atom stereocenters. The molecular formula is C16H29N5O. The molecule has 6 heteroatoms. The van der Waals surface area contributed by atoms with Gasteiger partial charge in [-0.25, -0.2) is 0 Å². The number of hydrogen-bond donors (Lipinski definition) is 0. The number of hydroxylamine groups is 1. The van der Waals surface area contributed by atoms with E-state index in [0.717, 1.165) is 37.9 Å². The first kappa shape index (κ1) is 18.3. The second-order valence-corrected chi connectivity index (χ2v) is 6.04. The van der Waals surface area contributed by atoms with Crippen LogP contribution in [-0.4, -0.2) is 26.4 Å². The monoisotopic (exact) mass is 307 g/mol. The average Bonchev–Trinajstić information content (AvgIpc) is 2.91. The van der Waals surface area contributed by atoms with Crippen LogP contribution in [0.1, 0.15) is 58.1 Å². The summed E-state index contributed by atoms with van der Waals surface area (Å²) in [6.07, 6.45) is 11.1. The molecule has 0 N–H and O–H groups in total. The van der Waals surface area contributed by atoms with Gasteiger partial charge in [0, 0.05) is 12.7 Å². The number of azo groups is 1. The minimum absolute atomic E-state index is 0.533. The van der Waals surface area contributed by atoms with Gasteiger partial charge in [-0.05, 0) is 36.9 Å². The largest absolute Gasteiger partial charge is 0.595 e. The van der Waals surface area contributed by atoms with Crippen LogP contribution in [0.4, 0.5) is 0 Å². The number of aromatic nitrogens is 3. The third-order valence-electron chi connectivity index (χ3n) is 3.39. The lowest BCUT2D eigenvalue weighted by atomic mass is 10.1. The van der Waals surface area contributed by atoms with Crippen molar-refractivity contribution in [1.82, 2.24) is 15.0 Å². The molecule has 1 rings (SSSR count). The Hall–Kier alpha value is -1.72. The molecule has 0 spiro atoms. The molecule has 0 bridgehead atoms. The first-order chi connectivity index (χ1) is 10.6. The van der Waals surface area contributed by atoms with Crippen molar-refractivity contribution in [2.75, 3.05) is 6.54 Å². The summed E-state index contributed by atoms with van der Waals surface area (Å²) >= 11 is 0. The van der Waals surface area contributed by atoms with Gasteiger partial charge in [0.25, 0.3) is 0 Å². The number of aryl methyl sites for hydroxylation is 1. The smallest absolute Gasteiger partial charge is 0.202 e. The Kier molecular flexibility index (Phi) is 9.11. The van der Waals surface area contributed by atoms with Crippen LogP contribution in [0.2, 0.25) is 0 Å². The Morgan fingerprint density at radius 1 is 1.27 bits per heavy atom. The van der Waals surface area contributed by atoms with Crippen molar-refractivity contribution in [3.05, 3.63) is 29.9 Å². The van der Waals surface area contributed by atoms with Gasteiger partial charge in [0.2, 0.25) is 6.20 Å². The fourth-order valence-electron chi connectivity index (χ4n) is 2.28. The molecule has 0 fully saturated rings. The van der Waals surface area contributed by atoms with E-state index in [1.54, 1.807) is 0 Å². The fourth-order valence-corrected chi connectivity index (χ4v) is 2.28. The molecule has 1 aromatic rings. The first-order valence-electron chi connectivity index (χ1n) is 8.27. The van der Waals surface area contributed by atoms with E-state index in [1.165, 1.54) is 25.5 Å². The average molecular weight is 307 g/mol. The van der Waals surface area contributed by atoms with Crippen LogP contribution in [0.25, 0.3) is 0 Å². The van der Waals surface area contributed by atoms with Crippen molar-refractivity contribution >= 4 is 0 Å². The quantitative estimate of drug-likeness (QED) is 0.254. The van der Waals surface area contributed by atoms with Crippen LogP contribution >= 0.6 is 0 Å². The van der Waals surface area contributed by atoms with E-state index >= 15 is 0 Å². The third kappa shape index (κ3) is 8.54. The van der Waals surface area contributed by atoms with Crippen LogP contribution in [0.3, 0.4) is 0 Å². The lowest BCUT2D eigenvalue weighted by Crippen LogP contribution is -1.98. The summed E-state index contributed by atoms with van der Waals surface area (Å²) in [4.78, 5) is 0.533. The summed E-state index contributed by atoms with van der Waals surface area (Å²) in [6.45, 7) is 9.28. The Balaban J connectivity index is 1.99. The molecule has 0 aliphatic rings. The molecule has 0 aromatic carbocycles. The lowest BCUT2D eigenvalue weighted by Gasteiger charge is -2.01. The van der Waals surface area contributed by atoms with E-state index in [9.17, 15) is 5.21 Å². The maximum Gasteiger partial charge on any atom is 0.202 e. The topological polar surface area (TPSA) is 69.1 Å². The van der Waals surface area contributed by atoms with Crippen molar-refractivity contribution in [2.24, 2.45) is 11.0 Å². The standard InChI is InChI=1S/C16H29N5O/c1-4-21(22)17-11-9-7-5-6-8-10-12-20-14-16(18-19-20)13-15(2)3/h4,14-15H,1,5-13H2,2-3H3. The third-order valence-corrected chi connectivity index (χ3v) is 3.39. The molecular weight excluding hydrogens is 278 g/mol. The van der Waals surface area contributed by atoms with E-state index in [4.69, 9.17) is 0 Å². The Morgan fingerprint density at radius 2 is 1.95 bits per heavy atom. The first-order valence-corrected chi connectivity index (χ1v) is 8.27. The van der Waals surface area contributed by atoms with Gasteiger partial charge in [0.05, 0.1) is 5.69 Å². The maximum atomic E-state index is 10.8. The van der Waals surface area contributed by atoms with Crippen molar-refractivity contribution in [3.8, 4) is 0 Å². The van der Waals surface area contributed by atoms with Crippen molar-refractivity contribution < 1.29 is 4.86 Å². The summed E-state index contributed by atoms with van der Waals surface area (Å²) < 4.78 is 1.95. The normalized spacial score (nSPS) is 12.0. The molecule has 0 saturated heterocycles. The fraction of sp³-hybridized carbons (Fsp3) is 0.750. The summed E-state index contributed by atoms with van der Waals surface area (Å²) in [5.41, 5.74) is 1.09. The van der Waals surface area contributed by atoms with Crippen molar-refractivity contribution in [2.45, 2.75) is 65.3 Å². The highest BCUT2D eigenvalue weighted by molar-refractivity contribution is 4.92. The van der Waals surface area contributed by atoms with Crippen LogP contribution in [0.5, 0.6) is 0 Å². The molecule has 1 aromatic heterocycles. The molecule has 22 heavy (non-hydrogen) atoms. The molecule has 0 aliphatic heterocycles. The summed E-state index contributed by atoms with van der Waals surface area (Å²) in [7, 11) is 0. The molecule has 0 saturated carbocycles. The minimum Gasteiger partial charge on any atom is -0.595 e. The molecule has 0 aliphatic carbocycles. The second-order valence-electron chi connectivity index (χ2n) is 6.04. The Morgan fingerprint density at radius 3 is 2.64 bits per heavy atom. The predicted octanol–water partition coefficient (Wildman–Crippen LogP) is 3.92. The molecule has 124 valence electrons. The zero-order valence-corrected chi connectivity index (χ0v) is 13.9. The van der Waals surface area contributed by atoms with Gasteiger partial charge >= 0.3 is 0 Å². The minimum atomic E-state index is 0.533. The van der Waals surface area contributed by atoms with E-state index in [-0.39, 0.29) is 0 Å². The van der Waals surface area contributed by atoms with Crippen LogP contribution in [0.15, 0.2) is 24.1 Å². The zero-order valence-electron chi connectivity index (χ0n) is 13.9. The summed E-state index contributed by atoms with van der Waals surface area (Å²) in [5.74, 6) is 0.622. The molecule has 1 heterocycles. The van der Waals surface area contributed by atoms with Gasteiger partial charge in [-0.1, -0.05) is 49.6 Å². The van der Waals surface area contributed by atoms with Gasteiger partial charge in [-0.15, -0.1) is 5.10 Å². The number of unbranched alkanes of at least 4 members (excludes halogenated alkanes) is 5. The lowest BCUT2D eigenvalue weighted by molar-refractivity contribution is -0.458. The van der Waals surface area contributed by atoms with Crippen molar-refractivity contribution in [1.29, 1.82) is 0 Å². The molecule has 6 nitrogen and oxygen atoms in total. The number of rotatable bonds is 12. The predicted molar refractivity (Wildman–Crippen MR) is 87.4 cm³/mol. The Labute approximate surface area is 133 Å². The highest BCUT2D eigenvalue weighted by Gasteiger charge is 2.03. The second kappa shape index (κ2) is 10.9. The SMILES string of the molecule is C=C[N+]([O-])=NCCCCCCCCn1cc(CC(C)C)nn1. The van der Waals surface area contributed by atoms with Crippen molar-refractivity contribution in [3.63, 3.8) is 0 Å². The van der Waals surface area contributed by atoms with Crippen LogP contribution in [0, 0.1) is 11.1 Å². The zero-order chi connectivity index (χ0) is 16.2. The Bertz CT molecular complexity index is 453. The maximum absolute atomic E-state index is 10.8. The number of hydrogen-bond acceptors (Lipinski definition) is 4. The highest BCUT2D eigenvalue weighted by Crippen LogP contribution is 2.08. The summed E-state index contributed by atoms with van der Waals surface area (Å²) in [5, 5.41) is 22.9. The van der Waals surface area contributed by atoms with E-state index in [2.05, 4.69) is 42.0 Å². The van der Waals surface area contributed by atoms with Crippen LogP contribution < -0.4 is 0 Å². The van der Waals surface area contributed by atoms with Crippen LogP contribution in [-0.2, 0) is 13.0 Å². The van der Waals surface area contributed by atoms with Gasteiger partial charge < -0.3 is 5.21 Å². The van der Waals surface area contributed by atoms with E-state index in [0.29, 0.717) is 17.3 Å². The molecule has 0 amide bonds. The van der Waals surface area contributed by atoms with Gasteiger partial charge in [-0.2, -0.15) is 0 Å². The van der Waals surface area contributed by atoms with E-state index < -0.39 is 0 Å². The summed E-state index contributed by atoms with van der Waals surface area (Å²) in [6, 6.07) is 0. The number of nitrogens with zero attached hydrogens (tertiary/aromatic N) is 5. The van der Waals surface area contributed by atoms with Gasteiger partial charge in [0.15, 0.2) is 0 Å². The highest BCUT2D eigenvalue weighted by atomic mass is 16.5. The van der Waals surface area contributed by atoms with E-state index in [1.807, 2.05) is 4.68 Å².